The number of ether oxygens (including phenoxy) is 1. The van der Waals surface area contributed by atoms with Crippen molar-refractivity contribution < 1.29 is 4.74 Å². The van der Waals surface area contributed by atoms with Crippen LogP contribution in [0, 0.1) is 25.2 Å². The lowest BCUT2D eigenvalue weighted by Crippen LogP contribution is -2.33. The SMILES string of the molecule is Cc1cccc(-n2nc(C)c3c2OC(N)C(C#N)=C3c2ccc(Br)cc2)c1. The maximum Gasteiger partial charge on any atom is 0.226 e. The van der Waals surface area contributed by atoms with Crippen molar-refractivity contribution >= 4 is 21.5 Å². The summed E-state index contributed by atoms with van der Waals surface area (Å²) in [5.41, 5.74) is 11.9. The van der Waals surface area contributed by atoms with Crippen LogP contribution in [0.2, 0.25) is 0 Å². The average molecular weight is 421 g/mol. The minimum atomic E-state index is -0.846. The molecule has 0 radical (unpaired) electrons. The Morgan fingerprint density at radius 2 is 1.93 bits per heavy atom. The number of hydrogen-bond acceptors (Lipinski definition) is 4. The van der Waals surface area contributed by atoms with Crippen molar-refractivity contribution in [3.8, 4) is 17.6 Å². The first-order valence-electron chi connectivity index (χ1n) is 8.49. The maximum atomic E-state index is 9.72. The molecule has 0 aliphatic carbocycles. The van der Waals surface area contributed by atoms with Crippen molar-refractivity contribution in [1.82, 2.24) is 9.78 Å². The third-order valence-corrected chi connectivity index (χ3v) is 5.09. The molecule has 2 N–H and O–H groups in total. The van der Waals surface area contributed by atoms with Crippen LogP contribution in [0.3, 0.4) is 0 Å². The molecule has 1 aromatic heterocycles. The number of aryl methyl sites for hydroxylation is 2. The van der Waals surface area contributed by atoms with Gasteiger partial charge in [-0.1, -0.05) is 40.2 Å². The minimum absolute atomic E-state index is 0.400. The second-order valence-corrected chi connectivity index (χ2v) is 7.38. The van der Waals surface area contributed by atoms with E-state index in [4.69, 9.17) is 10.5 Å². The first-order chi connectivity index (χ1) is 13.0. The Kier molecular flexibility index (Phi) is 4.34. The van der Waals surface area contributed by atoms with Gasteiger partial charge in [-0.05, 0) is 49.2 Å². The van der Waals surface area contributed by atoms with E-state index in [1.807, 2.05) is 62.4 Å². The summed E-state index contributed by atoms with van der Waals surface area (Å²) in [7, 11) is 0. The van der Waals surface area contributed by atoms with E-state index < -0.39 is 6.23 Å². The Labute approximate surface area is 165 Å². The number of hydrogen-bond donors (Lipinski definition) is 1. The summed E-state index contributed by atoms with van der Waals surface area (Å²) in [5.74, 6) is 0.558. The zero-order chi connectivity index (χ0) is 19.1. The standard InChI is InChI=1S/C21H17BrN4O/c1-12-4-3-5-16(10-12)26-21-18(13(2)25-26)19(17(11-23)20(24)27-21)14-6-8-15(22)9-7-14/h3-10,20H,24H2,1-2H3. The predicted octanol–water partition coefficient (Wildman–Crippen LogP) is 4.25. The van der Waals surface area contributed by atoms with Gasteiger partial charge >= 0.3 is 0 Å². The smallest absolute Gasteiger partial charge is 0.226 e. The molecule has 1 atom stereocenters. The van der Waals surface area contributed by atoms with Gasteiger partial charge in [-0.2, -0.15) is 10.4 Å². The van der Waals surface area contributed by atoms with E-state index >= 15 is 0 Å². The predicted molar refractivity (Wildman–Crippen MR) is 107 cm³/mol. The molecule has 0 saturated heterocycles. The molecule has 134 valence electrons. The van der Waals surface area contributed by atoms with Gasteiger partial charge in [0, 0.05) is 10.0 Å². The topological polar surface area (TPSA) is 76.9 Å². The van der Waals surface area contributed by atoms with Gasteiger partial charge in [-0.15, -0.1) is 0 Å². The quantitative estimate of drug-likeness (QED) is 0.671. The highest BCUT2D eigenvalue weighted by atomic mass is 79.9. The first kappa shape index (κ1) is 17.5. The highest BCUT2D eigenvalue weighted by Gasteiger charge is 2.33. The Hall–Kier alpha value is -2.88. The summed E-state index contributed by atoms with van der Waals surface area (Å²) in [4.78, 5) is 0. The zero-order valence-corrected chi connectivity index (χ0v) is 16.5. The van der Waals surface area contributed by atoms with Crippen LogP contribution in [-0.4, -0.2) is 16.0 Å². The fourth-order valence-electron chi connectivity index (χ4n) is 3.33. The molecule has 2 aromatic carbocycles. The lowest BCUT2D eigenvalue weighted by atomic mass is 9.91. The lowest BCUT2D eigenvalue weighted by molar-refractivity contribution is 0.228. The number of aromatic nitrogens is 2. The molecule has 0 saturated carbocycles. The molecular formula is C21H17BrN4O. The molecule has 1 unspecified atom stereocenters. The first-order valence-corrected chi connectivity index (χ1v) is 9.28. The molecule has 0 amide bonds. The third-order valence-electron chi connectivity index (χ3n) is 4.56. The number of rotatable bonds is 2. The summed E-state index contributed by atoms with van der Waals surface area (Å²) in [6, 6.07) is 18.0. The Bertz CT molecular complexity index is 1110. The molecule has 1 aliphatic heterocycles. The maximum absolute atomic E-state index is 9.72. The van der Waals surface area contributed by atoms with Crippen molar-refractivity contribution in [2.24, 2.45) is 5.73 Å². The average Bonchev–Trinajstić information content (AvgIpc) is 2.97. The van der Waals surface area contributed by atoms with E-state index in [0.29, 0.717) is 11.5 Å². The van der Waals surface area contributed by atoms with Gasteiger partial charge in [-0.3, -0.25) is 5.73 Å². The van der Waals surface area contributed by atoms with Crippen LogP contribution >= 0.6 is 15.9 Å². The van der Waals surface area contributed by atoms with Crippen LogP contribution in [-0.2, 0) is 0 Å². The van der Waals surface area contributed by atoms with Crippen molar-refractivity contribution in [3.63, 3.8) is 0 Å². The molecule has 0 fully saturated rings. The number of nitriles is 1. The number of nitrogens with zero attached hydrogens (tertiary/aromatic N) is 3. The normalized spacial score (nSPS) is 15.9. The number of nitrogens with two attached hydrogens (primary N) is 1. The third kappa shape index (κ3) is 2.95. The largest absolute Gasteiger partial charge is 0.453 e. The van der Waals surface area contributed by atoms with Crippen molar-refractivity contribution in [3.05, 3.63) is 81.0 Å². The summed E-state index contributed by atoms with van der Waals surface area (Å²) in [6.45, 7) is 3.94. The molecule has 0 bridgehead atoms. The molecule has 4 rings (SSSR count). The molecule has 5 nitrogen and oxygen atoms in total. The fraction of sp³-hybridized carbons (Fsp3) is 0.143. The van der Waals surface area contributed by atoms with E-state index in [0.717, 1.165) is 38.1 Å². The molecule has 3 aromatic rings. The summed E-state index contributed by atoms with van der Waals surface area (Å²) in [5, 5.41) is 14.4. The van der Waals surface area contributed by atoms with Gasteiger partial charge in [0.2, 0.25) is 5.88 Å². The van der Waals surface area contributed by atoms with Crippen LogP contribution in [0.1, 0.15) is 22.4 Å². The molecule has 6 heteroatoms. The van der Waals surface area contributed by atoms with Crippen LogP contribution in [0.5, 0.6) is 5.88 Å². The summed E-state index contributed by atoms with van der Waals surface area (Å²) >= 11 is 3.45. The number of fused-ring (bicyclic) bond motifs is 1. The van der Waals surface area contributed by atoms with E-state index in [1.165, 1.54) is 0 Å². The van der Waals surface area contributed by atoms with Crippen molar-refractivity contribution in [2.75, 3.05) is 0 Å². The molecule has 2 heterocycles. The monoisotopic (exact) mass is 420 g/mol. The van der Waals surface area contributed by atoms with Gasteiger partial charge < -0.3 is 4.74 Å². The molecular weight excluding hydrogens is 404 g/mol. The molecule has 27 heavy (non-hydrogen) atoms. The lowest BCUT2D eigenvalue weighted by Gasteiger charge is -2.25. The second kappa shape index (κ2) is 6.69. The van der Waals surface area contributed by atoms with Gasteiger partial charge in [0.1, 0.15) is 6.07 Å². The highest BCUT2D eigenvalue weighted by Crippen LogP contribution is 2.42. The Morgan fingerprint density at radius 1 is 1.19 bits per heavy atom. The summed E-state index contributed by atoms with van der Waals surface area (Å²) in [6.07, 6.45) is -0.846. The zero-order valence-electron chi connectivity index (χ0n) is 14.9. The second-order valence-electron chi connectivity index (χ2n) is 6.46. The Balaban J connectivity index is 1.99. The van der Waals surface area contributed by atoms with Gasteiger partial charge in [0.05, 0.1) is 22.5 Å². The van der Waals surface area contributed by atoms with Crippen molar-refractivity contribution in [2.45, 2.75) is 20.1 Å². The van der Waals surface area contributed by atoms with Crippen LogP contribution in [0.15, 0.2) is 58.6 Å². The van der Waals surface area contributed by atoms with E-state index in [2.05, 4.69) is 27.1 Å². The van der Waals surface area contributed by atoms with E-state index in [-0.39, 0.29) is 0 Å². The van der Waals surface area contributed by atoms with Crippen LogP contribution in [0.25, 0.3) is 11.3 Å². The number of halogens is 1. The molecule has 1 aliphatic rings. The Morgan fingerprint density at radius 3 is 2.59 bits per heavy atom. The minimum Gasteiger partial charge on any atom is -0.453 e. The van der Waals surface area contributed by atoms with Crippen LogP contribution in [0.4, 0.5) is 0 Å². The van der Waals surface area contributed by atoms with Crippen LogP contribution < -0.4 is 10.5 Å². The molecule has 0 spiro atoms. The van der Waals surface area contributed by atoms with Gasteiger partial charge in [-0.25, -0.2) is 4.68 Å². The fourth-order valence-corrected chi connectivity index (χ4v) is 3.59. The van der Waals surface area contributed by atoms with E-state index in [9.17, 15) is 5.26 Å². The van der Waals surface area contributed by atoms with Gasteiger partial charge in [0.15, 0.2) is 6.23 Å². The van der Waals surface area contributed by atoms with Gasteiger partial charge in [0.25, 0.3) is 0 Å². The summed E-state index contributed by atoms with van der Waals surface area (Å²) < 4.78 is 8.67. The van der Waals surface area contributed by atoms with E-state index in [1.54, 1.807) is 4.68 Å². The van der Waals surface area contributed by atoms with Crippen molar-refractivity contribution in [1.29, 1.82) is 5.26 Å². The highest BCUT2D eigenvalue weighted by molar-refractivity contribution is 9.10. The number of benzene rings is 2.